The van der Waals surface area contributed by atoms with Crippen molar-refractivity contribution in [1.29, 1.82) is 0 Å². The molecular weight excluding hydrogens is 440 g/mol. The number of benzene rings is 3. The highest BCUT2D eigenvalue weighted by Gasteiger charge is 2.29. The van der Waals surface area contributed by atoms with Gasteiger partial charge in [-0.15, -0.1) is 0 Å². The number of methoxy groups -OCH3 is 2. The van der Waals surface area contributed by atoms with Crippen molar-refractivity contribution in [1.82, 2.24) is 0 Å². The zero-order valence-electron chi connectivity index (χ0n) is 19.2. The summed E-state index contributed by atoms with van der Waals surface area (Å²) in [6, 6.07) is 18.7. The van der Waals surface area contributed by atoms with Gasteiger partial charge >= 0.3 is 0 Å². The maximum Gasteiger partial charge on any atom is 0.264 e. The first-order chi connectivity index (χ1) is 15.8. The zero-order chi connectivity index (χ0) is 24.0. The standard InChI is InChI=1S/C25H28N2O5S/c1-5-19-8-10-20(11-9-19)26-25(28)17-27(23-15-12-21(31-3)16-24(23)32-4)33(29,30)22-13-6-18(2)7-14-22/h6-16H,5,17H2,1-4H3,(H,26,28). The van der Waals surface area contributed by atoms with E-state index in [1.807, 2.05) is 26.0 Å². The molecule has 0 fully saturated rings. The molecule has 0 aliphatic heterocycles. The summed E-state index contributed by atoms with van der Waals surface area (Å²) in [5.41, 5.74) is 2.89. The molecule has 1 amide bonds. The summed E-state index contributed by atoms with van der Waals surface area (Å²) in [6.07, 6.45) is 0.883. The van der Waals surface area contributed by atoms with E-state index >= 15 is 0 Å². The lowest BCUT2D eigenvalue weighted by atomic mass is 10.1. The molecule has 3 aromatic carbocycles. The smallest absolute Gasteiger partial charge is 0.264 e. The van der Waals surface area contributed by atoms with Crippen molar-refractivity contribution in [3.8, 4) is 11.5 Å². The molecule has 0 heterocycles. The highest BCUT2D eigenvalue weighted by Crippen LogP contribution is 2.35. The van der Waals surface area contributed by atoms with Crippen LogP contribution in [0.3, 0.4) is 0 Å². The Hall–Kier alpha value is -3.52. The lowest BCUT2D eigenvalue weighted by Gasteiger charge is -2.26. The number of rotatable bonds is 9. The molecule has 0 unspecified atom stereocenters. The number of sulfonamides is 1. The molecule has 7 nitrogen and oxygen atoms in total. The van der Waals surface area contributed by atoms with E-state index in [0.717, 1.165) is 21.9 Å². The number of hydrogen-bond donors (Lipinski definition) is 1. The first kappa shape index (κ1) is 24.1. The van der Waals surface area contributed by atoms with Crippen LogP contribution in [0.15, 0.2) is 71.6 Å². The van der Waals surface area contributed by atoms with Gasteiger partial charge in [0, 0.05) is 11.8 Å². The highest BCUT2D eigenvalue weighted by atomic mass is 32.2. The van der Waals surface area contributed by atoms with Gasteiger partial charge in [-0.1, -0.05) is 36.8 Å². The molecule has 3 aromatic rings. The van der Waals surface area contributed by atoms with Crippen LogP contribution in [0.4, 0.5) is 11.4 Å². The maximum absolute atomic E-state index is 13.6. The molecule has 0 aliphatic carbocycles. The van der Waals surface area contributed by atoms with Gasteiger partial charge in [0.15, 0.2) is 0 Å². The van der Waals surface area contributed by atoms with Gasteiger partial charge in [-0.2, -0.15) is 0 Å². The average Bonchev–Trinajstić information content (AvgIpc) is 2.83. The van der Waals surface area contributed by atoms with Gasteiger partial charge < -0.3 is 14.8 Å². The molecule has 0 aliphatic rings. The topological polar surface area (TPSA) is 84.9 Å². The Kier molecular flexibility index (Phi) is 7.60. The second kappa shape index (κ2) is 10.4. The van der Waals surface area contributed by atoms with E-state index in [9.17, 15) is 13.2 Å². The molecule has 0 saturated heterocycles. The van der Waals surface area contributed by atoms with E-state index < -0.39 is 22.5 Å². The minimum atomic E-state index is -4.07. The van der Waals surface area contributed by atoms with E-state index in [1.165, 1.54) is 26.4 Å². The number of ether oxygens (including phenoxy) is 2. The van der Waals surface area contributed by atoms with Crippen LogP contribution in [0.5, 0.6) is 11.5 Å². The number of anilines is 2. The van der Waals surface area contributed by atoms with Gasteiger partial charge in [0.2, 0.25) is 5.91 Å². The summed E-state index contributed by atoms with van der Waals surface area (Å²) in [6.45, 7) is 3.48. The van der Waals surface area contributed by atoms with E-state index in [-0.39, 0.29) is 16.3 Å². The van der Waals surface area contributed by atoms with Gasteiger partial charge in [0.05, 0.1) is 24.8 Å². The molecule has 3 rings (SSSR count). The van der Waals surface area contributed by atoms with Gasteiger partial charge in [0.1, 0.15) is 18.0 Å². The predicted octanol–water partition coefficient (Wildman–Crippen LogP) is 4.41. The number of hydrogen-bond acceptors (Lipinski definition) is 5. The number of amides is 1. The fourth-order valence-corrected chi connectivity index (χ4v) is 4.71. The highest BCUT2D eigenvalue weighted by molar-refractivity contribution is 7.92. The molecular formula is C25H28N2O5S. The minimum absolute atomic E-state index is 0.0751. The second-order valence-corrected chi connectivity index (χ2v) is 9.32. The molecule has 1 N–H and O–H groups in total. The minimum Gasteiger partial charge on any atom is -0.497 e. The molecule has 0 spiro atoms. The average molecular weight is 469 g/mol. The van der Waals surface area contributed by atoms with Crippen LogP contribution in [0.1, 0.15) is 18.1 Å². The van der Waals surface area contributed by atoms with Crippen molar-refractivity contribution in [2.45, 2.75) is 25.2 Å². The van der Waals surface area contributed by atoms with Gasteiger partial charge in [-0.3, -0.25) is 9.10 Å². The van der Waals surface area contributed by atoms with Crippen LogP contribution in [0, 0.1) is 6.92 Å². The Bertz CT molecular complexity index is 1210. The van der Waals surface area contributed by atoms with E-state index in [2.05, 4.69) is 5.32 Å². The zero-order valence-corrected chi connectivity index (χ0v) is 20.0. The third-order valence-corrected chi connectivity index (χ3v) is 6.97. The molecule has 33 heavy (non-hydrogen) atoms. The Morgan fingerprint density at radius 2 is 1.61 bits per heavy atom. The first-order valence-electron chi connectivity index (χ1n) is 10.5. The van der Waals surface area contributed by atoms with Crippen molar-refractivity contribution in [2.75, 3.05) is 30.4 Å². The Labute approximate surface area is 195 Å². The number of nitrogens with one attached hydrogen (secondary N) is 1. The second-order valence-electron chi connectivity index (χ2n) is 7.46. The lowest BCUT2D eigenvalue weighted by Crippen LogP contribution is -2.38. The summed E-state index contributed by atoms with van der Waals surface area (Å²) in [5, 5.41) is 2.78. The summed E-state index contributed by atoms with van der Waals surface area (Å²) in [7, 11) is -1.13. The summed E-state index contributed by atoms with van der Waals surface area (Å²) >= 11 is 0. The summed E-state index contributed by atoms with van der Waals surface area (Å²) in [4.78, 5) is 13.0. The lowest BCUT2D eigenvalue weighted by molar-refractivity contribution is -0.114. The molecule has 0 saturated carbocycles. The fraction of sp³-hybridized carbons (Fsp3) is 0.240. The van der Waals surface area contributed by atoms with Crippen molar-refractivity contribution in [2.24, 2.45) is 0 Å². The molecule has 8 heteroatoms. The Morgan fingerprint density at radius 3 is 2.18 bits per heavy atom. The number of aryl methyl sites for hydroxylation is 2. The quantitative estimate of drug-likeness (QED) is 0.503. The molecule has 174 valence electrons. The SMILES string of the molecule is CCc1ccc(NC(=O)CN(c2ccc(OC)cc2OC)S(=O)(=O)c2ccc(C)cc2)cc1. The molecule has 0 radical (unpaired) electrons. The van der Waals surface area contributed by atoms with Crippen LogP contribution in [-0.4, -0.2) is 35.1 Å². The van der Waals surface area contributed by atoms with Gasteiger partial charge in [0.25, 0.3) is 10.0 Å². The normalized spacial score (nSPS) is 11.0. The summed E-state index contributed by atoms with van der Waals surface area (Å²) in [5.74, 6) is 0.293. The third kappa shape index (κ3) is 5.64. The molecule has 0 atom stereocenters. The van der Waals surface area contributed by atoms with E-state index in [0.29, 0.717) is 11.4 Å². The third-order valence-electron chi connectivity index (χ3n) is 5.20. The Balaban J connectivity index is 1.99. The van der Waals surface area contributed by atoms with Gasteiger partial charge in [-0.05, 0) is 55.3 Å². The number of carbonyl (C=O) groups excluding carboxylic acids is 1. The first-order valence-corrected chi connectivity index (χ1v) is 11.9. The number of carbonyl (C=O) groups is 1. The summed E-state index contributed by atoms with van der Waals surface area (Å²) < 4.78 is 38.9. The van der Waals surface area contributed by atoms with Crippen LogP contribution in [0.2, 0.25) is 0 Å². The molecule has 0 bridgehead atoms. The predicted molar refractivity (Wildman–Crippen MR) is 130 cm³/mol. The largest absolute Gasteiger partial charge is 0.497 e. The van der Waals surface area contributed by atoms with E-state index in [4.69, 9.17) is 9.47 Å². The fourth-order valence-electron chi connectivity index (χ4n) is 3.28. The molecule has 0 aromatic heterocycles. The van der Waals surface area contributed by atoms with Gasteiger partial charge in [-0.25, -0.2) is 8.42 Å². The van der Waals surface area contributed by atoms with Crippen molar-refractivity contribution >= 4 is 27.3 Å². The van der Waals surface area contributed by atoms with Crippen molar-refractivity contribution in [3.63, 3.8) is 0 Å². The van der Waals surface area contributed by atoms with Crippen molar-refractivity contribution in [3.05, 3.63) is 77.9 Å². The van der Waals surface area contributed by atoms with Crippen LogP contribution < -0.4 is 19.1 Å². The van der Waals surface area contributed by atoms with E-state index in [1.54, 1.807) is 42.5 Å². The van der Waals surface area contributed by atoms with Crippen LogP contribution >= 0.6 is 0 Å². The maximum atomic E-state index is 13.6. The number of nitrogens with zero attached hydrogens (tertiary/aromatic N) is 1. The van der Waals surface area contributed by atoms with Crippen LogP contribution in [-0.2, 0) is 21.2 Å². The Morgan fingerprint density at radius 1 is 0.939 bits per heavy atom. The monoisotopic (exact) mass is 468 g/mol. The van der Waals surface area contributed by atoms with Crippen molar-refractivity contribution < 1.29 is 22.7 Å². The van der Waals surface area contributed by atoms with Crippen LogP contribution in [0.25, 0.3) is 0 Å².